The van der Waals surface area contributed by atoms with Gasteiger partial charge in [-0.25, -0.2) is 4.79 Å². The molecule has 29 heavy (non-hydrogen) atoms. The van der Waals surface area contributed by atoms with E-state index >= 15 is 0 Å². The Kier molecular flexibility index (Phi) is 6.39. The van der Waals surface area contributed by atoms with E-state index in [1.165, 1.54) is 18.9 Å². The molecule has 1 aromatic heterocycles. The number of amides is 2. The SMILES string of the molecule is CON=C(C(=O)NC1C(=O)N2C(C(=O)O)=C(C=CCCl)CS[C@@H]12)c1nsc(N)n1. The van der Waals surface area contributed by atoms with Gasteiger partial charge in [-0.15, -0.1) is 23.4 Å². The second-order valence-electron chi connectivity index (χ2n) is 5.68. The Morgan fingerprint density at radius 2 is 2.31 bits per heavy atom. The van der Waals surface area contributed by atoms with Crippen molar-refractivity contribution < 1.29 is 24.3 Å². The number of thioether (sulfide) groups is 1. The van der Waals surface area contributed by atoms with Crippen molar-refractivity contribution in [1.29, 1.82) is 0 Å². The monoisotopic (exact) mass is 458 g/mol. The van der Waals surface area contributed by atoms with Crippen molar-refractivity contribution in [2.75, 3.05) is 24.5 Å². The molecule has 2 aliphatic rings. The Bertz CT molecular complexity index is 945. The van der Waals surface area contributed by atoms with E-state index in [1.807, 2.05) is 0 Å². The molecule has 1 aromatic rings. The third-order valence-corrected chi connectivity index (χ3v) is 5.97. The zero-order valence-electron chi connectivity index (χ0n) is 14.9. The van der Waals surface area contributed by atoms with E-state index in [1.54, 1.807) is 12.2 Å². The lowest BCUT2D eigenvalue weighted by molar-refractivity contribution is -0.150. The zero-order valence-corrected chi connectivity index (χ0v) is 17.3. The molecule has 0 radical (unpaired) electrons. The average Bonchev–Trinajstić information content (AvgIpc) is 3.13. The lowest BCUT2D eigenvalue weighted by Crippen LogP contribution is -2.71. The summed E-state index contributed by atoms with van der Waals surface area (Å²) in [6.45, 7) is 0. The fourth-order valence-corrected chi connectivity index (χ4v) is 4.62. The maximum atomic E-state index is 12.6. The summed E-state index contributed by atoms with van der Waals surface area (Å²) in [6.07, 6.45) is 3.19. The van der Waals surface area contributed by atoms with Crippen molar-refractivity contribution in [3.8, 4) is 0 Å². The van der Waals surface area contributed by atoms with E-state index in [-0.39, 0.29) is 28.2 Å². The van der Waals surface area contributed by atoms with Crippen LogP contribution < -0.4 is 11.1 Å². The number of β-lactam (4-membered cyclic amide) rings is 1. The van der Waals surface area contributed by atoms with Crippen molar-refractivity contribution in [2.45, 2.75) is 11.4 Å². The number of nitrogens with one attached hydrogen (secondary N) is 1. The van der Waals surface area contributed by atoms with E-state index in [4.69, 9.17) is 17.3 Å². The number of carbonyl (C=O) groups is 3. The van der Waals surface area contributed by atoms with Gasteiger partial charge < -0.3 is 21.0 Å². The van der Waals surface area contributed by atoms with Gasteiger partial charge in [-0.05, 0) is 5.57 Å². The number of fused-ring (bicyclic) bond motifs is 1. The summed E-state index contributed by atoms with van der Waals surface area (Å²) in [4.78, 5) is 46.6. The van der Waals surface area contributed by atoms with Crippen LogP contribution in [0.25, 0.3) is 0 Å². The van der Waals surface area contributed by atoms with Gasteiger partial charge in [0.05, 0.1) is 0 Å². The topological polar surface area (TPSA) is 160 Å². The van der Waals surface area contributed by atoms with Crippen LogP contribution in [0.15, 0.2) is 28.6 Å². The molecule has 2 aliphatic heterocycles. The van der Waals surface area contributed by atoms with Crippen LogP contribution in [-0.2, 0) is 19.2 Å². The Hall–Kier alpha value is -2.64. The molecule has 2 amide bonds. The molecule has 154 valence electrons. The molecule has 0 aromatic carbocycles. The standard InChI is InChI=1S/C15H15ClN6O5S2/c1-27-20-7(10-19-15(17)29-21-10)11(23)18-8-12(24)22-9(14(25)26)6(3-2-4-16)5-28-13(8)22/h2-3,8,13H,4-5H2,1H3,(H,18,23)(H,25,26)(H2,17,19,21)/t8?,13-/m0/s1. The molecule has 0 aliphatic carbocycles. The Morgan fingerprint density at radius 3 is 2.90 bits per heavy atom. The van der Waals surface area contributed by atoms with Gasteiger partial charge in [0, 0.05) is 23.2 Å². The van der Waals surface area contributed by atoms with E-state index in [0.717, 1.165) is 16.4 Å². The number of carboxylic acids is 1. The summed E-state index contributed by atoms with van der Waals surface area (Å²) in [5.41, 5.74) is 5.64. The molecule has 1 unspecified atom stereocenters. The minimum absolute atomic E-state index is 0.0357. The predicted octanol–water partition coefficient (Wildman–Crippen LogP) is 0.00440. The first-order chi connectivity index (χ1) is 13.9. The minimum atomic E-state index is -1.23. The van der Waals surface area contributed by atoms with Crippen molar-refractivity contribution in [3.05, 3.63) is 29.2 Å². The van der Waals surface area contributed by atoms with E-state index < -0.39 is 29.2 Å². The number of aliphatic carboxylic acids is 1. The predicted molar refractivity (Wildman–Crippen MR) is 107 cm³/mol. The van der Waals surface area contributed by atoms with Crippen LogP contribution in [0.2, 0.25) is 0 Å². The van der Waals surface area contributed by atoms with Gasteiger partial charge in [0.2, 0.25) is 11.5 Å². The molecule has 11 nitrogen and oxygen atoms in total. The smallest absolute Gasteiger partial charge is 0.352 e. The lowest BCUT2D eigenvalue weighted by atomic mass is 10.0. The fourth-order valence-electron chi connectivity index (χ4n) is 2.77. The van der Waals surface area contributed by atoms with Gasteiger partial charge >= 0.3 is 5.97 Å². The summed E-state index contributed by atoms with van der Waals surface area (Å²) < 4.78 is 3.91. The normalized spacial score (nSPS) is 21.8. The summed E-state index contributed by atoms with van der Waals surface area (Å²) >= 11 is 7.82. The van der Waals surface area contributed by atoms with Crippen molar-refractivity contribution >= 4 is 63.5 Å². The molecule has 0 spiro atoms. The number of nitrogens with zero attached hydrogens (tertiary/aromatic N) is 4. The number of nitrogens with two attached hydrogens (primary N) is 1. The van der Waals surface area contributed by atoms with Gasteiger partial charge in [0.25, 0.3) is 11.8 Å². The van der Waals surface area contributed by atoms with Gasteiger partial charge in [-0.2, -0.15) is 9.36 Å². The number of oxime groups is 1. The molecular weight excluding hydrogens is 444 g/mol. The highest BCUT2D eigenvalue weighted by atomic mass is 35.5. The summed E-state index contributed by atoms with van der Waals surface area (Å²) in [5.74, 6) is -1.99. The Labute approximate surface area is 177 Å². The van der Waals surface area contributed by atoms with Crippen LogP contribution in [0.5, 0.6) is 0 Å². The number of aromatic nitrogens is 2. The second kappa shape index (κ2) is 8.80. The lowest BCUT2D eigenvalue weighted by Gasteiger charge is -2.49. The molecule has 1 saturated heterocycles. The number of nitrogen functional groups attached to an aromatic ring is 1. The van der Waals surface area contributed by atoms with Crippen LogP contribution in [-0.4, -0.2) is 73.0 Å². The number of alkyl halides is 1. The minimum Gasteiger partial charge on any atom is -0.477 e. The Morgan fingerprint density at radius 1 is 1.55 bits per heavy atom. The van der Waals surface area contributed by atoms with Crippen LogP contribution in [0.1, 0.15) is 5.82 Å². The van der Waals surface area contributed by atoms with Gasteiger partial charge in [0.1, 0.15) is 24.2 Å². The summed E-state index contributed by atoms with van der Waals surface area (Å²) in [7, 11) is 1.25. The molecule has 3 heterocycles. The highest BCUT2D eigenvalue weighted by Crippen LogP contribution is 2.40. The molecule has 0 saturated carbocycles. The maximum absolute atomic E-state index is 12.6. The fraction of sp³-hybridized carbons (Fsp3) is 0.333. The number of hydrogen-bond acceptors (Lipinski definition) is 10. The number of rotatable bonds is 7. The molecule has 14 heteroatoms. The molecule has 1 fully saturated rings. The zero-order chi connectivity index (χ0) is 21.1. The quantitative estimate of drug-likeness (QED) is 0.221. The Balaban J connectivity index is 1.80. The number of carbonyl (C=O) groups excluding carboxylic acids is 2. The van der Waals surface area contributed by atoms with Crippen LogP contribution in [0, 0.1) is 0 Å². The van der Waals surface area contributed by atoms with Crippen molar-refractivity contribution in [3.63, 3.8) is 0 Å². The molecule has 2 atom stereocenters. The first-order valence-electron chi connectivity index (χ1n) is 8.04. The summed E-state index contributed by atoms with van der Waals surface area (Å²) in [6, 6.07) is -0.932. The second-order valence-corrected chi connectivity index (χ2v) is 7.87. The number of halogens is 1. The number of carboxylic acid groups (broad SMARTS) is 1. The number of hydrogen-bond donors (Lipinski definition) is 3. The largest absolute Gasteiger partial charge is 0.477 e. The maximum Gasteiger partial charge on any atom is 0.352 e. The van der Waals surface area contributed by atoms with Gasteiger partial charge in [0.15, 0.2) is 5.13 Å². The van der Waals surface area contributed by atoms with Crippen LogP contribution in [0.4, 0.5) is 5.13 Å². The van der Waals surface area contributed by atoms with E-state index in [2.05, 4.69) is 24.7 Å². The van der Waals surface area contributed by atoms with Crippen LogP contribution >= 0.6 is 34.9 Å². The summed E-state index contributed by atoms with van der Waals surface area (Å²) in [5, 5.41) is 15.3. The van der Waals surface area contributed by atoms with Crippen LogP contribution in [0.3, 0.4) is 0 Å². The number of anilines is 1. The number of allylic oxidation sites excluding steroid dienone is 2. The molecular formula is C15H15ClN6O5S2. The van der Waals surface area contributed by atoms with Crippen molar-refractivity contribution in [1.82, 2.24) is 19.6 Å². The molecule has 3 rings (SSSR count). The highest BCUT2D eigenvalue weighted by Gasteiger charge is 2.54. The third-order valence-electron chi connectivity index (χ3n) is 3.95. The van der Waals surface area contributed by atoms with Gasteiger partial charge in [-0.1, -0.05) is 17.3 Å². The van der Waals surface area contributed by atoms with E-state index in [0.29, 0.717) is 11.3 Å². The van der Waals surface area contributed by atoms with E-state index in [9.17, 15) is 19.5 Å². The average molecular weight is 459 g/mol. The molecule has 0 bridgehead atoms. The molecule has 4 N–H and O–H groups in total. The third kappa shape index (κ3) is 4.06. The first-order valence-corrected chi connectivity index (χ1v) is 10.4. The van der Waals surface area contributed by atoms with Crippen molar-refractivity contribution in [2.24, 2.45) is 5.16 Å². The van der Waals surface area contributed by atoms with Gasteiger partial charge in [-0.3, -0.25) is 14.5 Å². The first kappa shape index (κ1) is 21.1. The highest BCUT2D eigenvalue weighted by molar-refractivity contribution is 8.00.